The first-order valence-corrected chi connectivity index (χ1v) is 5.48. The highest BCUT2D eigenvalue weighted by Crippen LogP contribution is 2.33. The Morgan fingerprint density at radius 3 is 3.07 bits per heavy atom. The summed E-state index contributed by atoms with van der Waals surface area (Å²) in [5, 5.41) is 7.66. The fourth-order valence-electron chi connectivity index (χ4n) is 1.65. The summed E-state index contributed by atoms with van der Waals surface area (Å²) in [6.45, 7) is 0. The number of hydrogen-bond acceptors (Lipinski definition) is 2. The average molecular weight is 199 g/mol. The van der Waals surface area contributed by atoms with Crippen molar-refractivity contribution in [2.45, 2.75) is 0 Å². The van der Waals surface area contributed by atoms with E-state index in [-0.39, 0.29) is 0 Å². The minimum absolute atomic E-state index is 1.19. The lowest BCUT2D eigenvalue weighted by Crippen LogP contribution is -2.07. The van der Waals surface area contributed by atoms with Crippen LogP contribution in [0.2, 0.25) is 0 Å². The molecule has 1 N–H and O–H groups in total. The van der Waals surface area contributed by atoms with Crippen LogP contribution in [0.5, 0.6) is 0 Å². The summed E-state index contributed by atoms with van der Waals surface area (Å²) in [6, 6.07) is 8.35. The number of hydrogen-bond donors (Lipinski definition) is 1. The molecule has 1 aromatic rings. The fourth-order valence-corrected chi connectivity index (χ4v) is 2.29. The largest absolute Gasteiger partial charge is 0.354 e. The van der Waals surface area contributed by atoms with Crippen LogP contribution in [0.4, 0.5) is 5.69 Å². The highest BCUT2D eigenvalue weighted by atomic mass is 32.2. The van der Waals surface area contributed by atoms with Gasteiger partial charge in [0.25, 0.3) is 0 Å². The highest BCUT2D eigenvalue weighted by Gasteiger charge is 2.13. The molecule has 0 fully saturated rings. The summed E-state index contributed by atoms with van der Waals surface area (Å²) in [4.78, 5) is 0. The number of thioether (sulfide) groups is 1. The zero-order valence-electron chi connectivity index (χ0n) is 7.53. The maximum absolute atomic E-state index is 3.42. The molecule has 2 aliphatic heterocycles. The molecule has 0 saturated heterocycles. The third-order valence-corrected chi connectivity index (χ3v) is 3.03. The monoisotopic (exact) mass is 199 g/mol. The first-order chi connectivity index (χ1) is 6.93. The molecule has 0 radical (unpaired) electrons. The van der Waals surface area contributed by atoms with Gasteiger partial charge in [-0.1, -0.05) is 18.2 Å². The minimum atomic E-state index is 1.19. The molecule has 0 aliphatic carbocycles. The number of benzene rings is 1. The van der Waals surface area contributed by atoms with Crippen LogP contribution in [0.15, 0.2) is 52.4 Å². The summed E-state index contributed by atoms with van der Waals surface area (Å²) in [6.07, 6.45) is 4.36. The van der Waals surface area contributed by atoms with Gasteiger partial charge in [0.1, 0.15) is 0 Å². The van der Waals surface area contributed by atoms with Gasteiger partial charge in [0.15, 0.2) is 0 Å². The van der Waals surface area contributed by atoms with Gasteiger partial charge in [-0.25, -0.2) is 0 Å². The van der Waals surface area contributed by atoms with Crippen molar-refractivity contribution in [2.75, 3.05) is 5.32 Å². The smallest absolute Gasteiger partial charge is 0.0525 e. The summed E-state index contributed by atoms with van der Waals surface area (Å²) in [5.41, 5.74) is 4.92. The Balaban J connectivity index is 2.17. The molecule has 2 aliphatic rings. The summed E-state index contributed by atoms with van der Waals surface area (Å²) >= 11 is 1.71. The lowest BCUT2D eigenvalue weighted by molar-refractivity contribution is 1.39. The Hall–Kier alpha value is -1.41. The first-order valence-electron chi connectivity index (χ1n) is 4.54. The Kier molecular flexibility index (Phi) is 1.74. The molecule has 0 atom stereocenters. The Morgan fingerprint density at radius 1 is 1.14 bits per heavy atom. The van der Waals surface area contributed by atoms with Crippen LogP contribution in [0.3, 0.4) is 0 Å². The number of anilines is 1. The Bertz CT molecular complexity index is 469. The predicted molar refractivity (Wildman–Crippen MR) is 62.9 cm³/mol. The van der Waals surface area contributed by atoms with Crippen molar-refractivity contribution >= 4 is 23.5 Å². The lowest BCUT2D eigenvalue weighted by Gasteiger charge is -2.21. The molecule has 68 valence electrons. The second-order valence-electron chi connectivity index (χ2n) is 3.28. The molecule has 14 heavy (non-hydrogen) atoms. The molecule has 1 nitrogen and oxygen atoms in total. The number of fused-ring (bicyclic) bond motifs is 2. The third kappa shape index (κ3) is 1.19. The van der Waals surface area contributed by atoms with Gasteiger partial charge < -0.3 is 5.32 Å². The van der Waals surface area contributed by atoms with Gasteiger partial charge in [0.05, 0.1) is 5.70 Å². The van der Waals surface area contributed by atoms with E-state index in [9.17, 15) is 0 Å². The van der Waals surface area contributed by atoms with Crippen molar-refractivity contribution < 1.29 is 0 Å². The van der Waals surface area contributed by atoms with E-state index in [1.165, 1.54) is 22.5 Å². The Labute approximate surface area is 87.2 Å². The first kappa shape index (κ1) is 7.94. The van der Waals surface area contributed by atoms with Crippen molar-refractivity contribution in [3.8, 4) is 0 Å². The maximum Gasteiger partial charge on any atom is 0.0525 e. The standard InChI is InChI=1S/C12H9NS/c1-2-4-11-9(3-1)7-10-5-6-14-8-12(10)13-11/h1-8,13H. The third-order valence-electron chi connectivity index (χ3n) is 2.36. The number of para-hydroxylation sites is 1. The van der Waals surface area contributed by atoms with Crippen molar-refractivity contribution in [2.24, 2.45) is 0 Å². The second-order valence-corrected chi connectivity index (χ2v) is 4.06. The number of nitrogens with one attached hydrogen (secondary N) is 1. The van der Waals surface area contributed by atoms with Gasteiger partial charge >= 0.3 is 0 Å². The summed E-state index contributed by atoms with van der Waals surface area (Å²) < 4.78 is 0. The number of allylic oxidation sites excluding steroid dienone is 1. The van der Waals surface area contributed by atoms with E-state index in [0.29, 0.717) is 0 Å². The van der Waals surface area contributed by atoms with E-state index in [1.54, 1.807) is 11.8 Å². The molecular weight excluding hydrogens is 190 g/mol. The van der Waals surface area contributed by atoms with Crippen molar-refractivity contribution in [1.82, 2.24) is 0 Å². The highest BCUT2D eigenvalue weighted by molar-refractivity contribution is 8.05. The molecule has 3 rings (SSSR count). The second kappa shape index (κ2) is 3.07. The van der Waals surface area contributed by atoms with Crippen molar-refractivity contribution in [3.05, 3.63) is 58.0 Å². The zero-order valence-corrected chi connectivity index (χ0v) is 8.34. The van der Waals surface area contributed by atoms with E-state index >= 15 is 0 Å². The molecule has 0 unspecified atom stereocenters. The van der Waals surface area contributed by atoms with E-state index in [0.717, 1.165) is 0 Å². The van der Waals surface area contributed by atoms with Crippen LogP contribution >= 0.6 is 11.8 Å². The van der Waals surface area contributed by atoms with Gasteiger partial charge in [0, 0.05) is 5.69 Å². The number of rotatable bonds is 0. The van der Waals surface area contributed by atoms with Gasteiger partial charge in [0.2, 0.25) is 0 Å². The van der Waals surface area contributed by atoms with Gasteiger partial charge in [-0.15, -0.1) is 11.8 Å². The van der Waals surface area contributed by atoms with E-state index in [4.69, 9.17) is 0 Å². The molecular formula is C12H9NS. The van der Waals surface area contributed by atoms with E-state index in [2.05, 4.69) is 52.6 Å². The molecule has 0 amide bonds. The molecule has 0 spiro atoms. The van der Waals surface area contributed by atoms with E-state index in [1.807, 2.05) is 0 Å². The van der Waals surface area contributed by atoms with Crippen LogP contribution < -0.4 is 5.32 Å². The van der Waals surface area contributed by atoms with Crippen molar-refractivity contribution in [1.29, 1.82) is 0 Å². The molecule has 0 saturated carbocycles. The van der Waals surface area contributed by atoms with Crippen LogP contribution in [-0.4, -0.2) is 0 Å². The average Bonchev–Trinajstić information content (AvgIpc) is 2.26. The maximum atomic E-state index is 3.42. The van der Waals surface area contributed by atoms with Gasteiger partial charge in [-0.3, -0.25) is 0 Å². The van der Waals surface area contributed by atoms with Crippen LogP contribution in [0.1, 0.15) is 5.56 Å². The SMILES string of the molecule is C1=CC2=Cc3ccccc3NC2=CS1. The van der Waals surface area contributed by atoms with Crippen LogP contribution in [0.25, 0.3) is 6.08 Å². The Morgan fingerprint density at radius 2 is 2.07 bits per heavy atom. The quantitative estimate of drug-likeness (QED) is 0.685. The van der Waals surface area contributed by atoms with Crippen molar-refractivity contribution in [3.63, 3.8) is 0 Å². The van der Waals surface area contributed by atoms with Crippen LogP contribution in [-0.2, 0) is 0 Å². The lowest BCUT2D eigenvalue weighted by atomic mass is 10.0. The summed E-state index contributed by atoms with van der Waals surface area (Å²) in [7, 11) is 0. The van der Waals surface area contributed by atoms with Crippen LogP contribution in [0, 0.1) is 0 Å². The minimum Gasteiger partial charge on any atom is -0.354 e. The zero-order chi connectivity index (χ0) is 9.38. The molecule has 0 aromatic heterocycles. The molecule has 2 heteroatoms. The van der Waals surface area contributed by atoms with E-state index < -0.39 is 0 Å². The summed E-state index contributed by atoms with van der Waals surface area (Å²) in [5.74, 6) is 0. The predicted octanol–water partition coefficient (Wildman–Crippen LogP) is 3.60. The fraction of sp³-hybridized carbons (Fsp3) is 0. The molecule has 2 heterocycles. The topological polar surface area (TPSA) is 12.0 Å². The van der Waals surface area contributed by atoms with Gasteiger partial charge in [-0.2, -0.15) is 0 Å². The van der Waals surface area contributed by atoms with Gasteiger partial charge in [-0.05, 0) is 40.2 Å². The molecule has 0 bridgehead atoms. The normalized spacial score (nSPS) is 17.4. The molecule has 1 aromatic carbocycles.